The minimum atomic E-state index is -0.590. The smallest absolute Gasteiger partial charge is 0.132 e. The molecule has 0 saturated carbocycles. The molecule has 0 aliphatic heterocycles. The number of Topliss-reactive ketones (excluding diaryl/α,β-unsaturated/α-hetero) is 1. The summed E-state index contributed by atoms with van der Waals surface area (Å²) < 4.78 is 25.6. The second kappa shape index (κ2) is 4.84. The van der Waals surface area contributed by atoms with E-state index in [9.17, 15) is 13.6 Å². The summed E-state index contributed by atoms with van der Waals surface area (Å²) in [5, 5.41) is 0. The van der Waals surface area contributed by atoms with Crippen LogP contribution in [0.15, 0.2) is 18.2 Å². The molecule has 3 heteroatoms. The molecule has 0 spiro atoms. The van der Waals surface area contributed by atoms with Crippen molar-refractivity contribution in [1.82, 2.24) is 0 Å². The van der Waals surface area contributed by atoms with Crippen molar-refractivity contribution in [1.29, 1.82) is 0 Å². The maximum absolute atomic E-state index is 13.1. The average molecular weight is 198 g/mol. The number of carbonyl (C=O) groups is 1. The topological polar surface area (TPSA) is 17.1 Å². The van der Waals surface area contributed by atoms with Crippen molar-refractivity contribution in [2.45, 2.75) is 26.2 Å². The number of ketones is 1. The van der Waals surface area contributed by atoms with Crippen LogP contribution in [0.5, 0.6) is 0 Å². The molecule has 0 N–H and O–H groups in total. The Morgan fingerprint density at radius 1 is 1.36 bits per heavy atom. The zero-order chi connectivity index (χ0) is 10.6. The lowest BCUT2D eigenvalue weighted by Gasteiger charge is -2.01. The summed E-state index contributed by atoms with van der Waals surface area (Å²) >= 11 is 0. The van der Waals surface area contributed by atoms with Crippen molar-refractivity contribution in [3.05, 3.63) is 35.4 Å². The zero-order valence-electron chi connectivity index (χ0n) is 8.02. The summed E-state index contributed by atoms with van der Waals surface area (Å²) in [5.74, 6) is -1.07. The zero-order valence-corrected chi connectivity index (χ0v) is 8.02. The maximum Gasteiger partial charge on any atom is 0.132 e. The van der Waals surface area contributed by atoms with Crippen LogP contribution in [0.25, 0.3) is 0 Å². The Balaban J connectivity index is 2.63. The van der Waals surface area contributed by atoms with Crippen LogP contribution in [0.1, 0.15) is 25.3 Å². The lowest BCUT2D eigenvalue weighted by molar-refractivity contribution is -0.118. The molecule has 0 unspecified atom stereocenters. The molecular formula is C11H12F2O. The molecule has 0 heterocycles. The van der Waals surface area contributed by atoms with Gasteiger partial charge in [-0.05, 0) is 18.1 Å². The Bertz CT molecular complexity index is 334. The van der Waals surface area contributed by atoms with E-state index in [1.54, 1.807) is 6.92 Å². The number of benzene rings is 1. The van der Waals surface area contributed by atoms with Crippen molar-refractivity contribution in [2.75, 3.05) is 0 Å². The molecule has 0 saturated heterocycles. The Hall–Kier alpha value is -1.25. The number of rotatable bonds is 4. The Morgan fingerprint density at radius 3 is 2.64 bits per heavy atom. The molecule has 0 aromatic heterocycles. The summed E-state index contributed by atoms with van der Waals surface area (Å²) in [6, 6.07) is 3.42. The van der Waals surface area contributed by atoms with Crippen molar-refractivity contribution < 1.29 is 13.6 Å². The van der Waals surface area contributed by atoms with E-state index in [1.807, 2.05) is 0 Å². The van der Waals surface area contributed by atoms with Gasteiger partial charge in [0.1, 0.15) is 17.4 Å². The molecule has 0 aliphatic carbocycles. The first kappa shape index (κ1) is 10.8. The van der Waals surface area contributed by atoms with E-state index < -0.39 is 11.6 Å². The predicted molar refractivity (Wildman–Crippen MR) is 50.0 cm³/mol. The summed E-state index contributed by atoms with van der Waals surface area (Å²) in [6.45, 7) is 1.77. The van der Waals surface area contributed by atoms with Gasteiger partial charge in [-0.25, -0.2) is 8.78 Å². The molecule has 1 nitrogen and oxygen atoms in total. The molecule has 1 rings (SSSR count). The van der Waals surface area contributed by atoms with E-state index >= 15 is 0 Å². The highest BCUT2D eigenvalue weighted by atomic mass is 19.1. The lowest BCUT2D eigenvalue weighted by Crippen LogP contribution is -1.99. The predicted octanol–water partition coefficient (Wildman–Crippen LogP) is 2.88. The molecule has 1 aromatic rings. The first-order chi connectivity index (χ1) is 6.63. The van der Waals surface area contributed by atoms with Crippen LogP contribution >= 0.6 is 0 Å². The quantitative estimate of drug-likeness (QED) is 0.727. The lowest BCUT2D eigenvalue weighted by atomic mass is 10.1. The second-order valence-electron chi connectivity index (χ2n) is 3.13. The fourth-order valence-electron chi connectivity index (χ4n) is 1.18. The van der Waals surface area contributed by atoms with Gasteiger partial charge in [0, 0.05) is 18.9 Å². The Labute approximate surface area is 81.7 Å². The first-order valence-electron chi connectivity index (χ1n) is 4.59. The number of carbonyl (C=O) groups excluding carboxylic acids is 1. The van der Waals surface area contributed by atoms with Gasteiger partial charge in [-0.1, -0.05) is 13.0 Å². The van der Waals surface area contributed by atoms with E-state index in [-0.39, 0.29) is 5.78 Å². The van der Waals surface area contributed by atoms with Crippen LogP contribution in [0.3, 0.4) is 0 Å². The van der Waals surface area contributed by atoms with E-state index in [0.29, 0.717) is 24.8 Å². The number of aryl methyl sites for hydroxylation is 1. The third-order valence-corrected chi connectivity index (χ3v) is 2.08. The summed E-state index contributed by atoms with van der Waals surface area (Å²) in [7, 11) is 0. The maximum atomic E-state index is 13.1. The molecule has 0 bridgehead atoms. The number of hydrogen-bond donors (Lipinski definition) is 0. The first-order valence-corrected chi connectivity index (χ1v) is 4.59. The molecule has 1 aromatic carbocycles. The third-order valence-electron chi connectivity index (χ3n) is 2.08. The van der Waals surface area contributed by atoms with Crippen LogP contribution in [0.2, 0.25) is 0 Å². The van der Waals surface area contributed by atoms with Gasteiger partial charge in [-0.3, -0.25) is 4.79 Å². The van der Waals surface area contributed by atoms with Gasteiger partial charge < -0.3 is 0 Å². The standard InChI is InChI=1S/C11H12F2O/c1-2-10(14)6-4-8-3-5-9(12)7-11(8)13/h3,5,7H,2,4,6H2,1H3. The minimum absolute atomic E-state index is 0.0914. The molecule has 0 radical (unpaired) electrons. The van der Waals surface area contributed by atoms with E-state index in [2.05, 4.69) is 0 Å². The normalized spacial score (nSPS) is 10.2. The molecule has 0 aliphatic rings. The largest absolute Gasteiger partial charge is 0.300 e. The van der Waals surface area contributed by atoms with Gasteiger partial charge in [0.25, 0.3) is 0 Å². The Kier molecular flexibility index (Phi) is 3.74. The molecule has 0 atom stereocenters. The number of halogens is 2. The van der Waals surface area contributed by atoms with Crippen molar-refractivity contribution >= 4 is 5.78 Å². The molecular weight excluding hydrogens is 186 g/mol. The van der Waals surface area contributed by atoms with Crippen LogP contribution in [-0.4, -0.2) is 5.78 Å². The molecule has 0 amide bonds. The highest BCUT2D eigenvalue weighted by Gasteiger charge is 2.05. The van der Waals surface area contributed by atoms with Gasteiger partial charge in [0.2, 0.25) is 0 Å². The number of hydrogen-bond acceptors (Lipinski definition) is 1. The van der Waals surface area contributed by atoms with E-state index in [4.69, 9.17) is 0 Å². The SMILES string of the molecule is CCC(=O)CCc1ccc(F)cc1F. The van der Waals surface area contributed by atoms with Crippen molar-refractivity contribution in [3.8, 4) is 0 Å². The minimum Gasteiger partial charge on any atom is -0.300 e. The monoisotopic (exact) mass is 198 g/mol. The Morgan fingerprint density at radius 2 is 2.07 bits per heavy atom. The van der Waals surface area contributed by atoms with E-state index in [0.717, 1.165) is 6.07 Å². The molecule has 0 fully saturated rings. The van der Waals surface area contributed by atoms with Gasteiger partial charge in [-0.15, -0.1) is 0 Å². The average Bonchev–Trinajstić information content (AvgIpc) is 2.16. The van der Waals surface area contributed by atoms with Crippen molar-refractivity contribution in [2.24, 2.45) is 0 Å². The van der Waals surface area contributed by atoms with Crippen LogP contribution in [-0.2, 0) is 11.2 Å². The highest BCUT2D eigenvalue weighted by molar-refractivity contribution is 5.78. The summed E-state index contributed by atoms with van der Waals surface area (Å²) in [4.78, 5) is 11.0. The van der Waals surface area contributed by atoms with Crippen LogP contribution in [0, 0.1) is 11.6 Å². The van der Waals surface area contributed by atoms with Gasteiger partial charge in [0.05, 0.1) is 0 Å². The third kappa shape index (κ3) is 2.91. The van der Waals surface area contributed by atoms with Gasteiger partial charge >= 0.3 is 0 Å². The fraction of sp³-hybridized carbons (Fsp3) is 0.364. The summed E-state index contributed by atoms with van der Waals surface area (Å²) in [5.41, 5.74) is 0.396. The van der Waals surface area contributed by atoms with Crippen LogP contribution < -0.4 is 0 Å². The second-order valence-corrected chi connectivity index (χ2v) is 3.13. The van der Waals surface area contributed by atoms with Crippen LogP contribution in [0.4, 0.5) is 8.78 Å². The van der Waals surface area contributed by atoms with E-state index in [1.165, 1.54) is 12.1 Å². The molecule has 76 valence electrons. The van der Waals surface area contributed by atoms with Gasteiger partial charge in [-0.2, -0.15) is 0 Å². The molecule has 14 heavy (non-hydrogen) atoms. The summed E-state index contributed by atoms with van der Waals surface area (Å²) in [6.07, 6.45) is 1.13. The fourth-order valence-corrected chi connectivity index (χ4v) is 1.18. The van der Waals surface area contributed by atoms with Gasteiger partial charge in [0.15, 0.2) is 0 Å². The highest BCUT2D eigenvalue weighted by Crippen LogP contribution is 2.11. The van der Waals surface area contributed by atoms with Crippen molar-refractivity contribution in [3.63, 3.8) is 0 Å².